The van der Waals surface area contributed by atoms with E-state index in [9.17, 15) is 18.0 Å². The molecule has 208 valence electrons. The minimum absolute atomic E-state index is 0.0829. The first-order valence-electron chi connectivity index (χ1n) is 12.8. The fourth-order valence-corrected chi connectivity index (χ4v) is 5.88. The molecule has 0 aliphatic carbocycles. The molecular formula is C30H37N3O5S. The van der Waals surface area contributed by atoms with Crippen LogP contribution in [0, 0.1) is 20.8 Å². The van der Waals surface area contributed by atoms with Gasteiger partial charge in [-0.05, 0) is 74.2 Å². The number of hydrogen-bond acceptors (Lipinski definition) is 5. The van der Waals surface area contributed by atoms with Crippen LogP contribution in [-0.4, -0.2) is 51.9 Å². The molecule has 0 aliphatic heterocycles. The van der Waals surface area contributed by atoms with E-state index in [1.54, 1.807) is 55.6 Å². The molecule has 1 N–H and O–H groups in total. The Morgan fingerprint density at radius 3 is 2.26 bits per heavy atom. The molecule has 1 atom stereocenters. The molecule has 0 spiro atoms. The summed E-state index contributed by atoms with van der Waals surface area (Å²) < 4.78 is 34.5. The van der Waals surface area contributed by atoms with Gasteiger partial charge in [-0.15, -0.1) is 0 Å². The maximum absolute atomic E-state index is 14.0. The highest BCUT2D eigenvalue weighted by molar-refractivity contribution is 7.92. The molecule has 3 aromatic rings. The maximum Gasteiger partial charge on any atom is 0.264 e. The number of aryl methyl sites for hydroxylation is 2. The molecule has 2 amide bonds. The molecular weight excluding hydrogens is 514 g/mol. The fraction of sp³-hybridized carbons (Fsp3) is 0.333. The van der Waals surface area contributed by atoms with Crippen molar-refractivity contribution >= 4 is 27.5 Å². The molecule has 8 nitrogen and oxygen atoms in total. The van der Waals surface area contributed by atoms with Gasteiger partial charge in [-0.2, -0.15) is 0 Å². The number of likely N-dealkylation sites (N-methyl/N-ethyl adjacent to an activating group) is 1. The second-order valence-electron chi connectivity index (χ2n) is 9.46. The Balaban J connectivity index is 2.11. The average Bonchev–Trinajstić information content (AvgIpc) is 2.93. The Labute approximate surface area is 231 Å². The van der Waals surface area contributed by atoms with E-state index in [1.165, 1.54) is 11.9 Å². The third-order valence-electron chi connectivity index (χ3n) is 6.85. The number of hydrogen-bond donors (Lipinski definition) is 1. The summed E-state index contributed by atoms with van der Waals surface area (Å²) in [5.74, 6) is -0.204. The summed E-state index contributed by atoms with van der Waals surface area (Å²) in [7, 11) is -1.04. The van der Waals surface area contributed by atoms with E-state index in [-0.39, 0.29) is 17.3 Å². The third-order valence-corrected chi connectivity index (χ3v) is 8.63. The van der Waals surface area contributed by atoms with Crippen LogP contribution in [0.4, 0.5) is 5.69 Å². The predicted octanol–water partition coefficient (Wildman–Crippen LogP) is 4.37. The zero-order valence-electron chi connectivity index (χ0n) is 23.4. The highest BCUT2D eigenvalue weighted by Gasteiger charge is 2.34. The Morgan fingerprint density at radius 2 is 1.64 bits per heavy atom. The molecule has 0 aliphatic rings. The van der Waals surface area contributed by atoms with Gasteiger partial charge in [0.15, 0.2) is 0 Å². The second kappa shape index (κ2) is 12.8. The van der Waals surface area contributed by atoms with Crippen molar-refractivity contribution in [1.29, 1.82) is 0 Å². The standard InChI is InChI=1S/C30H37N3O5S/c1-7-27(30(35)31-5)32(19-24-11-9-12-25(18-24)38-6)29(34)20-33(28-13-8-10-22(3)23(28)4)39(36,37)26-16-14-21(2)15-17-26/h8-18,27H,7,19-20H2,1-6H3,(H,31,35)/t27-/m1/s1. The summed E-state index contributed by atoms with van der Waals surface area (Å²) in [6, 6.07) is 18.3. The van der Waals surface area contributed by atoms with Crippen LogP contribution in [0.5, 0.6) is 5.75 Å². The van der Waals surface area contributed by atoms with Crippen molar-refractivity contribution in [1.82, 2.24) is 10.2 Å². The van der Waals surface area contributed by atoms with E-state index in [2.05, 4.69) is 5.32 Å². The summed E-state index contributed by atoms with van der Waals surface area (Å²) in [5.41, 5.74) is 3.74. The Hall–Kier alpha value is -3.85. The number of ether oxygens (including phenoxy) is 1. The van der Waals surface area contributed by atoms with Gasteiger partial charge in [-0.25, -0.2) is 8.42 Å². The summed E-state index contributed by atoms with van der Waals surface area (Å²) in [6.45, 7) is 7.05. The first-order chi connectivity index (χ1) is 18.5. The number of carbonyl (C=O) groups excluding carboxylic acids is 2. The van der Waals surface area contributed by atoms with Crippen molar-refractivity contribution in [2.75, 3.05) is 25.0 Å². The first kappa shape index (κ1) is 29.7. The van der Waals surface area contributed by atoms with Gasteiger partial charge in [-0.3, -0.25) is 13.9 Å². The van der Waals surface area contributed by atoms with Crippen LogP contribution < -0.4 is 14.4 Å². The molecule has 3 rings (SSSR count). The molecule has 3 aromatic carbocycles. The van der Waals surface area contributed by atoms with Crippen LogP contribution in [0.3, 0.4) is 0 Å². The molecule has 0 saturated heterocycles. The Morgan fingerprint density at radius 1 is 0.974 bits per heavy atom. The lowest BCUT2D eigenvalue weighted by atomic mass is 10.1. The second-order valence-corrected chi connectivity index (χ2v) is 11.3. The molecule has 39 heavy (non-hydrogen) atoms. The lowest BCUT2D eigenvalue weighted by molar-refractivity contribution is -0.140. The quantitative estimate of drug-likeness (QED) is 0.382. The van der Waals surface area contributed by atoms with E-state index in [4.69, 9.17) is 4.74 Å². The minimum Gasteiger partial charge on any atom is -0.497 e. The van der Waals surface area contributed by atoms with Gasteiger partial charge >= 0.3 is 0 Å². The van der Waals surface area contributed by atoms with E-state index < -0.39 is 28.5 Å². The highest BCUT2D eigenvalue weighted by Crippen LogP contribution is 2.29. The normalized spacial score (nSPS) is 11.9. The number of nitrogens with one attached hydrogen (secondary N) is 1. The van der Waals surface area contributed by atoms with E-state index >= 15 is 0 Å². The van der Waals surface area contributed by atoms with Gasteiger partial charge in [0.2, 0.25) is 11.8 Å². The Bertz CT molecular complexity index is 1420. The molecule has 0 saturated carbocycles. The summed E-state index contributed by atoms with van der Waals surface area (Å²) in [4.78, 5) is 28.4. The summed E-state index contributed by atoms with van der Waals surface area (Å²) in [6.07, 6.45) is 0.351. The van der Waals surface area contributed by atoms with Gasteiger partial charge in [0.1, 0.15) is 18.3 Å². The van der Waals surface area contributed by atoms with Crippen LogP contribution in [0.1, 0.15) is 35.6 Å². The van der Waals surface area contributed by atoms with Crippen molar-refractivity contribution in [2.24, 2.45) is 0 Å². The van der Waals surface area contributed by atoms with E-state index in [0.717, 1.165) is 26.6 Å². The van der Waals surface area contributed by atoms with Gasteiger partial charge < -0.3 is 15.0 Å². The average molecular weight is 552 g/mol. The lowest BCUT2D eigenvalue weighted by Gasteiger charge is -2.33. The predicted molar refractivity (Wildman–Crippen MR) is 153 cm³/mol. The highest BCUT2D eigenvalue weighted by atomic mass is 32.2. The van der Waals surface area contributed by atoms with Crippen LogP contribution in [0.15, 0.2) is 71.6 Å². The fourth-order valence-electron chi connectivity index (χ4n) is 4.41. The largest absolute Gasteiger partial charge is 0.497 e. The minimum atomic E-state index is -4.12. The van der Waals surface area contributed by atoms with Crippen LogP contribution >= 0.6 is 0 Å². The topological polar surface area (TPSA) is 96.0 Å². The molecule has 0 aromatic heterocycles. The number of rotatable bonds is 11. The zero-order chi connectivity index (χ0) is 28.7. The number of sulfonamides is 1. The van der Waals surface area contributed by atoms with Crippen molar-refractivity contribution in [3.8, 4) is 5.75 Å². The monoisotopic (exact) mass is 551 g/mol. The van der Waals surface area contributed by atoms with Gasteiger partial charge in [0.05, 0.1) is 17.7 Å². The molecule has 9 heteroatoms. The van der Waals surface area contributed by atoms with Gasteiger partial charge in [0.25, 0.3) is 10.0 Å². The number of methoxy groups -OCH3 is 1. The molecule has 0 bridgehead atoms. The number of carbonyl (C=O) groups is 2. The maximum atomic E-state index is 14.0. The lowest BCUT2D eigenvalue weighted by Crippen LogP contribution is -2.51. The van der Waals surface area contributed by atoms with Crippen LogP contribution in [0.25, 0.3) is 0 Å². The van der Waals surface area contributed by atoms with Gasteiger partial charge in [-0.1, -0.05) is 48.9 Å². The first-order valence-corrected chi connectivity index (χ1v) is 14.3. The van der Waals surface area contributed by atoms with Crippen molar-refractivity contribution in [3.05, 3.63) is 89.0 Å². The number of nitrogens with zero attached hydrogens (tertiary/aromatic N) is 2. The van der Waals surface area contributed by atoms with Crippen molar-refractivity contribution in [2.45, 2.75) is 51.6 Å². The van der Waals surface area contributed by atoms with Crippen LogP contribution in [-0.2, 0) is 26.2 Å². The van der Waals surface area contributed by atoms with Gasteiger partial charge in [0, 0.05) is 13.6 Å². The SMILES string of the molecule is CC[C@H](C(=O)NC)N(Cc1cccc(OC)c1)C(=O)CN(c1cccc(C)c1C)S(=O)(=O)c1ccc(C)cc1. The van der Waals surface area contributed by atoms with Crippen molar-refractivity contribution < 1.29 is 22.7 Å². The molecule has 0 fully saturated rings. The van der Waals surface area contributed by atoms with Crippen molar-refractivity contribution in [3.63, 3.8) is 0 Å². The molecule has 0 heterocycles. The number of anilines is 1. The summed E-state index contributed by atoms with van der Waals surface area (Å²) >= 11 is 0. The number of amides is 2. The van der Waals surface area contributed by atoms with Crippen LogP contribution in [0.2, 0.25) is 0 Å². The molecule has 0 radical (unpaired) electrons. The smallest absolute Gasteiger partial charge is 0.264 e. The third kappa shape index (κ3) is 6.78. The van der Waals surface area contributed by atoms with E-state index in [1.807, 2.05) is 45.9 Å². The number of benzene rings is 3. The zero-order valence-corrected chi connectivity index (χ0v) is 24.2. The summed E-state index contributed by atoms with van der Waals surface area (Å²) in [5, 5.41) is 2.63. The molecule has 0 unspecified atom stereocenters. The Kier molecular flexibility index (Phi) is 9.75. The van der Waals surface area contributed by atoms with E-state index in [0.29, 0.717) is 17.9 Å².